The summed E-state index contributed by atoms with van der Waals surface area (Å²) >= 11 is 0. The van der Waals surface area contributed by atoms with E-state index in [9.17, 15) is 24.4 Å². The number of hydrogen-bond acceptors (Lipinski definition) is 6. The molecule has 0 radical (unpaired) electrons. The minimum Gasteiger partial charge on any atom is -0.480 e. The number of hydrogen-bond donors (Lipinski definition) is 4. The molecule has 0 heterocycles. The summed E-state index contributed by atoms with van der Waals surface area (Å²) < 4.78 is 13.0. The topological polar surface area (TPSA) is 156 Å². The minimum absolute atomic E-state index is 0.159. The summed E-state index contributed by atoms with van der Waals surface area (Å²) in [4.78, 5) is 32.1. The van der Waals surface area contributed by atoms with Gasteiger partial charge in [-0.15, -0.1) is 0 Å². The number of nitro benzene ring substituents is 1. The molecule has 0 saturated heterocycles. The van der Waals surface area contributed by atoms with E-state index in [1.807, 2.05) is 0 Å². The predicted octanol–water partition coefficient (Wildman–Crippen LogP) is 3.62. The lowest BCUT2D eigenvalue weighted by Crippen LogP contribution is -2.32. The van der Waals surface area contributed by atoms with E-state index in [4.69, 9.17) is 10.8 Å². The Kier molecular flexibility index (Phi) is 11.0. The first kappa shape index (κ1) is 25.2. The molecule has 0 bridgehead atoms. The molecule has 1 aromatic carbocycles. The SMILES string of the molecule is CCCCCCCCNC(c1cccc([N+](=O)[O-])c1)P(=O)(O)CC[C@H](N)C(=O)O. The van der Waals surface area contributed by atoms with Gasteiger partial charge < -0.3 is 21.1 Å². The van der Waals surface area contributed by atoms with Crippen molar-refractivity contribution in [2.45, 2.75) is 63.7 Å². The van der Waals surface area contributed by atoms with Crippen LogP contribution < -0.4 is 11.1 Å². The Hall–Kier alpha value is -1.80. The highest BCUT2D eigenvalue weighted by Gasteiger charge is 2.33. The zero-order valence-electron chi connectivity index (χ0n) is 16.8. The van der Waals surface area contributed by atoms with Gasteiger partial charge in [0.25, 0.3) is 5.69 Å². The lowest BCUT2D eigenvalue weighted by atomic mass is 10.1. The number of nitro groups is 1. The van der Waals surface area contributed by atoms with Crippen molar-refractivity contribution in [3.63, 3.8) is 0 Å². The fourth-order valence-electron chi connectivity index (χ4n) is 3.02. The van der Waals surface area contributed by atoms with Crippen LogP contribution in [0.5, 0.6) is 0 Å². The van der Waals surface area contributed by atoms with E-state index in [1.165, 1.54) is 24.6 Å². The molecular weight excluding hydrogens is 397 g/mol. The van der Waals surface area contributed by atoms with E-state index in [0.717, 1.165) is 32.1 Å². The number of nitrogens with one attached hydrogen (secondary N) is 1. The van der Waals surface area contributed by atoms with Gasteiger partial charge in [0.2, 0.25) is 7.37 Å². The molecule has 0 spiro atoms. The van der Waals surface area contributed by atoms with E-state index < -0.39 is 30.1 Å². The summed E-state index contributed by atoms with van der Waals surface area (Å²) in [6.07, 6.45) is 5.90. The number of carboxylic acids is 1. The summed E-state index contributed by atoms with van der Waals surface area (Å²) in [5.41, 5.74) is 5.63. The number of carboxylic acid groups (broad SMARTS) is 1. The van der Waals surface area contributed by atoms with Crippen molar-refractivity contribution >= 4 is 19.0 Å². The van der Waals surface area contributed by atoms with Crippen molar-refractivity contribution in [2.75, 3.05) is 12.7 Å². The number of benzene rings is 1. The largest absolute Gasteiger partial charge is 0.480 e. The zero-order valence-corrected chi connectivity index (χ0v) is 17.7. The molecule has 0 aliphatic carbocycles. The molecule has 9 nitrogen and oxygen atoms in total. The van der Waals surface area contributed by atoms with Crippen LogP contribution in [0.2, 0.25) is 0 Å². The van der Waals surface area contributed by atoms with Crippen LogP contribution in [0.1, 0.15) is 63.2 Å². The average molecular weight is 429 g/mol. The maximum atomic E-state index is 13.0. The van der Waals surface area contributed by atoms with E-state index in [-0.39, 0.29) is 18.3 Å². The summed E-state index contributed by atoms with van der Waals surface area (Å²) in [5.74, 6) is -2.25. The normalized spacial score (nSPS) is 15.4. The Morgan fingerprint density at radius 2 is 1.93 bits per heavy atom. The molecule has 2 unspecified atom stereocenters. The molecule has 10 heteroatoms. The fraction of sp³-hybridized carbons (Fsp3) is 0.632. The maximum absolute atomic E-state index is 13.0. The molecule has 0 fully saturated rings. The monoisotopic (exact) mass is 429 g/mol. The molecule has 164 valence electrons. The van der Waals surface area contributed by atoms with Crippen molar-refractivity contribution in [2.24, 2.45) is 5.73 Å². The first-order chi connectivity index (χ1) is 13.7. The molecule has 0 aliphatic rings. The Morgan fingerprint density at radius 3 is 2.55 bits per heavy atom. The Bertz CT molecular complexity index is 715. The van der Waals surface area contributed by atoms with Gasteiger partial charge in [-0.3, -0.25) is 19.5 Å². The van der Waals surface area contributed by atoms with Crippen molar-refractivity contribution in [3.8, 4) is 0 Å². The highest BCUT2D eigenvalue weighted by Crippen LogP contribution is 2.54. The Balaban J connectivity index is 2.87. The highest BCUT2D eigenvalue weighted by atomic mass is 31.2. The smallest absolute Gasteiger partial charge is 0.320 e. The highest BCUT2D eigenvalue weighted by molar-refractivity contribution is 7.58. The number of carbonyl (C=O) groups is 1. The zero-order chi connectivity index (χ0) is 21.9. The van der Waals surface area contributed by atoms with Crippen molar-refractivity contribution < 1.29 is 24.3 Å². The predicted molar refractivity (Wildman–Crippen MR) is 112 cm³/mol. The maximum Gasteiger partial charge on any atom is 0.320 e. The van der Waals surface area contributed by atoms with Gasteiger partial charge in [0, 0.05) is 18.3 Å². The number of nitrogens with zero attached hydrogens (tertiary/aromatic N) is 1. The third-order valence-electron chi connectivity index (χ3n) is 4.75. The van der Waals surface area contributed by atoms with Crippen molar-refractivity contribution in [3.05, 3.63) is 39.9 Å². The van der Waals surface area contributed by atoms with E-state index in [2.05, 4.69) is 12.2 Å². The van der Waals surface area contributed by atoms with E-state index in [0.29, 0.717) is 12.1 Å². The number of nitrogens with two attached hydrogens (primary N) is 1. The quantitative estimate of drug-likeness (QED) is 0.143. The van der Waals surface area contributed by atoms with Gasteiger partial charge >= 0.3 is 5.97 Å². The van der Waals surface area contributed by atoms with Crippen LogP contribution in [0.4, 0.5) is 5.69 Å². The van der Waals surface area contributed by atoms with Crippen LogP contribution in [0, 0.1) is 10.1 Å². The van der Waals surface area contributed by atoms with Gasteiger partial charge in [0.05, 0.1) is 4.92 Å². The number of unbranched alkanes of at least 4 members (excludes halogenated alkanes) is 5. The Labute approximate surface area is 171 Å². The fourth-order valence-corrected chi connectivity index (χ4v) is 4.97. The molecule has 0 aliphatic heterocycles. The van der Waals surface area contributed by atoms with Crippen molar-refractivity contribution in [1.82, 2.24) is 5.32 Å². The Morgan fingerprint density at radius 1 is 1.28 bits per heavy atom. The second kappa shape index (κ2) is 12.7. The van der Waals surface area contributed by atoms with Gasteiger partial charge in [-0.1, -0.05) is 51.2 Å². The second-order valence-electron chi connectivity index (χ2n) is 7.19. The number of non-ortho nitro benzene ring substituents is 1. The van der Waals surface area contributed by atoms with Crippen LogP contribution in [-0.2, 0) is 9.36 Å². The van der Waals surface area contributed by atoms with Crippen LogP contribution in [0.3, 0.4) is 0 Å². The lowest BCUT2D eigenvalue weighted by Gasteiger charge is -2.25. The van der Waals surface area contributed by atoms with Gasteiger partial charge in [-0.05, 0) is 24.9 Å². The standard InChI is InChI=1S/C19H32N3O6P/c1-2-3-4-5-6-7-12-21-18(15-9-8-10-16(14-15)22(25)26)29(27,28)13-11-17(20)19(23)24/h8-10,14,17-18,21H,2-7,11-13,20H2,1H3,(H,23,24)(H,27,28)/t17-,18?/m0/s1. The molecule has 0 aromatic heterocycles. The summed E-state index contributed by atoms with van der Waals surface area (Å²) in [6.45, 7) is 2.62. The lowest BCUT2D eigenvalue weighted by molar-refractivity contribution is -0.384. The summed E-state index contributed by atoms with van der Waals surface area (Å²) in [7, 11) is -3.91. The van der Waals surface area contributed by atoms with Gasteiger partial charge in [0.15, 0.2) is 0 Å². The third kappa shape index (κ3) is 9.04. The van der Waals surface area contributed by atoms with Crippen molar-refractivity contribution in [1.29, 1.82) is 0 Å². The number of aliphatic carboxylic acids is 1. The molecular formula is C19H32N3O6P. The van der Waals surface area contributed by atoms with Crippen LogP contribution in [0.15, 0.2) is 24.3 Å². The minimum atomic E-state index is -3.91. The summed E-state index contributed by atoms with van der Waals surface area (Å²) in [5, 5.41) is 23.0. The first-order valence-corrected chi connectivity index (χ1v) is 11.9. The molecule has 0 saturated carbocycles. The van der Waals surface area contributed by atoms with E-state index >= 15 is 0 Å². The number of rotatable bonds is 15. The molecule has 29 heavy (non-hydrogen) atoms. The molecule has 1 aromatic rings. The molecule has 1 rings (SSSR count). The van der Waals surface area contributed by atoms with Crippen LogP contribution in [-0.4, -0.2) is 39.6 Å². The molecule has 3 atom stereocenters. The molecule has 5 N–H and O–H groups in total. The second-order valence-corrected chi connectivity index (χ2v) is 9.66. The first-order valence-electron chi connectivity index (χ1n) is 9.96. The third-order valence-corrected chi connectivity index (χ3v) is 6.93. The van der Waals surface area contributed by atoms with Gasteiger partial charge in [0.1, 0.15) is 11.8 Å². The van der Waals surface area contributed by atoms with E-state index in [1.54, 1.807) is 6.07 Å². The summed E-state index contributed by atoms with van der Waals surface area (Å²) in [6, 6.07) is 4.39. The average Bonchev–Trinajstić information content (AvgIpc) is 2.68. The van der Waals surface area contributed by atoms with Gasteiger partial charge in [-0.2, -0.15) is 0 Å². The van der Waals surface area contributed by atoms with Gasteiger partial charge in [-0.25, -0.2) is 0 Å². The molecule has 0 amide bonds. The van der Waals surface area contributed by atoms with Crippen LogP contribution >= 0.6 is 7.37 Å². The van der Waals surface area contributed by atoms with Crippen LogP contribution in [0.25, 0.3) is 0 Å².